The number of nitrogens with two attached hydrogens (primary N) is 2. The van der Waals surface area contributed by atoms with Gasteiger partial charge in [-0.05, 0) is 97.5 Å². The lowest BCUT2D eigenvalue weighted by Gasteiger charge is -2.19. The lowest BCUT2D eigenvalue weighted by Crippen LogP contribution is -2.19. The van der Waals surface area contributed by atoms with E-state index in [0.717, 1.165) is 46.2 Å². The van der Waals surface area contributed by atoms with E-state index in [0.29, 0.717) is 11.8 Å². The normalized spacial score (nSPS) is 21.8. The van der Waals surface area contributed by atoms with Gasteiger partial charge in [-0.2, -0.15) is 0 Å². The van der Waals surface area contributed by atoms with Crippen LogP contribution in [-0.4, -0.2) is 6.10 Å². The number of nitrogen functional groups attached to an aromatic ring is 2. The average molecular weight is 386 g/mol. The molecule has 0 saturated heterocycles. The maximum Gasteiger partial charge on any atom is 0.127 e. The Bertz CT molecular complexity index is 1090. The highest BCUT2D eigenvalue weighted by Crippen LogP contribution is 2.55. The van der Waals surface area contributed by atoms with Gasteiger partial charge in [-0.15, -0.1) is 0 Å². The largest absolute Gasteiger partial charge is 0.489 e. The molecular formula is C25H26N2O2. The fourth-order valence-corrected chi connectivity index (χ4v) is 4.80. The number of rotatable bonds is 4. The number of anilines is 2. The smallest absolute Gasteiger partial charge is 0.127 e. The van der Waals surface area contributed by atoms with E-state index < -0.39 is 0 Å². The molecule has 29 heavy (non-hydrogen) atoms. The predicted molar refractivity (Wildman–Crippen MR) is 117 cm³/mol. The van der Waals surface area contributed by atoms with Crippen molar-refractivity contribution in [2.24, 2.45) is 0 Å². The van der Waals surface area contributed by atoms with Crippen LogP contribution in [0.2, 0.25) is 0 Å². The average Bonchev–Trinajstić information content (AvgIpc) is 3.23. The monoisotopic (exact) mass is 386 g/mol. The molecule has 4 N–H and O–H groups in total. The second-order valence-electron chi connectivity index (χ2n) is 8.30. The van der Waals surface area contributed by atoms with Crippen molar-refractivity contribution in [1.82, 2.24) is 0 Å². The van der Waals surface area contributed by atoms with Gasteiger partial charge in [0.15, 0.2) is 0 Å². The molecule has 0 aliphatic heterocycles. The van der Waals surface area contributed by atoms with E-state index in [1.54, 1.807) is 0 Å². The number of hydrogen-bond donors (Lipinski definition) is 2. The molecule has 4 nitrogen and oxygen atoms in total. The molecule has 2 aliphatic rings. The van der Waals surface area contributed by atoms with Crippen molar-refractivity contribution in [2.75, 3.05) is 11.5 Å². The van der Waals surface area contributed by atoms with E-state index in [9.17, 15) is 0 Å². The molecule has 0 aromatic heterocycles. The highest BCUT2D eigenvalue weighted by atomic mass is 16.5. The number of benzene rings is 3. The first-order valence-electron chi connectivity index (χ1n) is 10.2. The van der Waals surface area contributed by atoms with Crippen LogP contribution < -0.4 is 20.9 Å². The molecule has 1 fully saturated rings. The molecule has 0 amide bonds. The van der Waals surface area contributed by atoms with Gasteiger partial charge in [0.1, 0.15) is 23.4 Å². The molecule has 2 bridgehead atoms. The summed E-state index contributed by atoms with van der Waals surface area (Å²) in [6.07, 6.45) is 2.51. The third kappa shape index (κ3) is 3.09. The zero-order chi connectivity index (χ0) is 20.1. The Hall–Kier alpha value is -3.14. The van der Waals surface area contributed by atoms with E-state index in [2.05, 4.69) is 18.2 Å². The third-order valence-corrected chi connectivity index (χ3v) is 6.43. The Morgan fingerprint density at radius 1 is 0.690 bits per heavy atom. The van der Waals surface area contributed by atoms with E-state index in [1.807, 2.05) is 50.2 Å². The molecule has 3 atom stereocenters. The van der Waals surface area contributed by atoms with Gasteiger partial charge in [-0.3, -0.25) is 0 Å². The summed E-state index contributed by atoms with van der Waals surface area (Å²) < 4.78 is 12.6. The molecule has 1 saturated carbocycles. The van der Waals surface area contributed by atoms with Crippen molar-refractivity contribution in [3.8, 4) is 17.2 Å². The fourth-order valence-electron chi connectivity index (χ4n) is 4.80. The van der Waals surface area contributed by atoms with E-state index in [4.69, 9.17) is 20.9 Å². The highest BCUT2D eigenvalue weighted by molar-refractivity contribution is 5.53. The van der Waals surface area contributed by atoms with Crippen LogP contribution >= 0.6 is 0 Å². The first-order chi connectivity index (χ1) is 14.0. The van der Waals surface area contributed by atoms with Crippen molar-refractivity contribution >= 4 is 11.4 Å². The van der Waals surface area contributed by atoms with Crippen LogP contribution in [0, 0.1) is 13.8 Å². The van der Waals surface area contributed by atoms with Crippen LogP contribution in [0.25, 0.3) is 0 Å². The van der Waals surface area contributed by atoms with Gasteiger partial charge in [0.25, 0.3) is 0 Å². The molecule has 5 rings (SSSR count). The minimum absolute atomic E-state index is 0.182. The Balaban J connectivity index is 1.39. The molecular weight excluding hydrogens is 360 g/mol. The van der Waals surface area contributed by atoms with Gasteiger partial charge in [0, 0.05) is 23.2 Å². The van der Waals surface area contributed by atoms with E-state index >= 15 is 0 Å². The van der Waals surface area contributed by atoms with Crippen molar-refractivity contribution < 1.29 is 9.47 Å². The molecule has 0 spiro atoms. The SMILES string of the molecule is Cc1cc(Oc2ccc3c(c2)C2CCC3C2Oc2ccc(N)c(C)c2)ccc1N. The first kappa shape index (κ1) is 17.9. The highest BCUT2D eigenvalue weighted by Gasteiger charge is 2.47. The molecule has 0 heterocycles. The Morgan fingerprint density at radius 3 is 1.93 bits per heavy atom. The van der Waals surface area contributed by atoms with Gasteiger partial charge in [0.2, 0.25) is 0 Å². The lowest BCUT2D eigenvalue weighted by molar-refractivity contribution is 0.186. The van der Waals surface area contributed by atoms with Crippen molar-refractivity contribution in [1.29, 1.82) is 0 Å². The van der Waals surface area contributed by atoms with Crippen LogP contribution in [0.5, 0.6) is 17.2 Å². The maximum atomic E-state index is 6.46. The van der Waals surface area contributed by atoms with Gasteiger partial charge in [-0.25, -0.2) is 0 Å². The van der Waals surface area contributed by atoms with Crippen LogP contribution in [0.15, 0.2) is 54.6 Å². The summed E-state index contributed by atoms with van der Waals surface area (Å²) in [4.78, 5) is 0. The van der Waals surface area contributed by atoms with E-state index in [1.165, 1.54) is 17.5 Å². The molecule has 148 valence electrons. The van der Waals surface area contributed by atoms with Crippen LogP contribution in [-0.2, 0) is 0 Å². The summed E-state index contributed by atoms with van der Waals surface area (Å²) >= 11 is 0. The van der Waals surface area contributed by atoms with Crippen LogP contribution in [0.1, 0.15) is 46.9 Å². The van der Waals surface area contributed by atoms with Gasteiger partial charge in [-0.1, -0.05) is 6.07 Å². The lowest BCUT2D eigenvalue weighted by atomic mass is 9.92. The molecule has 3 aromatic rings. The van der Waals surface area contributed by atoms with Crippen LogP contribution in [0.3, 0.4) is 0 Å². The minimum atomic E-state index is 0.182. The molecule has 3 aromatic carbocycles. The Labute approximate surface area is 171 Å². The molecule has 4 heteroatoms. The zero-order valence-electron chi connectivity index (χ0n) is 16.8. The number of ether oxygens (including phenoxy) is 2. The number of fused-ring (bicyclic) bond motifs is 5. The summed E-state index contributed by atoms with van der Waals surface area (Å²) in [5.41, 5.74) is 18.3. The summed E-state index contributed by atoms with van der Waals surface area (Å²) in [6, 6.07) is 18.2. The maximum absolute atomic E-state index is 6.46. The molecule has 2 aliphatic carbocycles. The van der Waals surface area contributed by atoms with Gasteiger partial charge >= 0.3 is 0 Å². The van der Waals surface area contributed by atoms with Crippen molar-refractivity contribution in [2.45, 2.75) is 44.6 Å². The number of aryl methyl sites for hydroxylation is 2. The second kappa shape index (κ2) is 6.73. The van der Waals surface area contributed by atoms with Crippen molar-refractivity contribution in [3.05, 3.63) is 76.9 Å². The number of hydrogen-bond acceptors (Lipinski definition) is 4. The summed E-state index contributed by atoms with van der Waals surface area (Å²) in [7, 11) is 0. The Kier molecular flexibility index (Phi) is 4.16. The third-order valence-electron chi connectivity index (χ3n) is 6.43. The van der Waals surface area contributed by atoms with Crippen molar-refractivity contribution in [3.63, 3.8) is 0 Å². The topological polar surface area (TPSA) is 70.5 Å². The van der Waals surface area contributed by atoms with Crippen LogP contribution in [0.4, 0.5) is 11.4 Å². The van der Waals surface area contributed by atoms with E-state index in [-0.39, 0.29) is 6.10 Å². The summed E-state index contributed by atoms with van der Waals surface area (Å²) in [5.74, 6) is 3.43. The molecule has 0 radical (unpaired) electrons. The second-order valence-corrected chi connectivity index (χ2v) is 8.30. The summed E-state index contributed by atoms with van der Waals surface area (Å²) in [6.45, 7) is 4.01. The quantitative estimate of drug-likeness (QED) is 0.566. The standard InChI is InChI=1S/C25H26N2O2/c1-14-11-16(4-9-23(14)26)28-18-3-6-19-20-7-8-21(22(19)13-18)25(20)29-17-5-10-24(27)15(2)12-17/h3-6,9-13,20-21,25H,7-8,26-27H2,1-2H3. The fraction of sp³-hybridized carbons (Fsp3) is 0.280. The Morgan fingerprint density at radius 2 is 1.24 bits per heavy atom. The zero-order valence-corrected chi connectivity index (χ0v) is 16.8. The summed E-state index contributed by atoms with van der Waals surface area (Å²) in [5, 5.41) is 0. The molecule has 3 unspecified atom stereocenters. The predicted octanol–water partition coefficient (Wildman–Crippen LogP) is 5.68. The first-order valence-corrected chi connectivity index (χ1v) is 10.2. The van der Waals surface area contributed by atoms with Gasteiger partial charge < -0.3 is 20.9 Å². The minimum Gasteiger partial charge on any atom is -0.489 e. The van der Waals surface area contributed by atoms with Gasteiger partial charge in [0.05, 0.1) is 0 Å².